The van der Waals surface area contributed by atoms with Crippen molar-refractivity contribution in [2.45, 2.75) is 33.2 Å². The molecule has 0 heterocycles. The molecular weight excluding hydrogens is 190 g/mol. The van der Waals surface area contributed by atoms with Gasteiger partial charge in [0.05, 0.1) is 0 Å². The Hall–Kier alpha value is -1.22. The van der Waals surface area contributed by atoms with E-state index in [1.54, 1.807) is 19.1 Å². The minimum atomic E-state index is 0.236. The number of aromatic hydroxyl groups is 2. The van der Waals surface area contributed by atoms with Gasteiger partial charge in [0, 0.05) is 12.1 Å². The molecule has 3 N–H and O–H groups in total. The second-order valence-corrected chi connectivity index (χ2v) is 3.80. The molecule has 0 aliphatic heterocycles. The van der Waals surface area contributed by atoms with Gasteiger partial charge in [-0.25, -0.2) is 0 Å². The molecule has 0 fully saturated rings. The topological polar surface area (TPSA) is 52.5 Å². The Balaban J connectivity index is 2.57. The Labute approximate surface area is 90.8 Å². The van der Waals surface area contributed by atoms with Crippen LogP contribution >= 0.6 is 0 Å². The normalized spacial score (nSPS) is 10.5. The van der Waals surface area contributed by atoms with Crippen molar-refractivity contribution in [1.82, 2.24) is 5.32 Å². The summed E-state index contributed by atoms with van der Waals surface area (Å²) in [6, 6.07) is 3.20. The number of hydrogen-bond acceptors (Lipinski definition) is 3. The summed E-state index contributed by atoms with van der Waals surface area (Å²) in [5.74, 6) is 0.481. The van der Waals surface area contributed by atoms with Crippen molar-refractivity contribution in [3.8, 4) is 11.5 Å². The van der Waals surface area contributed by atoms with E-state index in [1.165, 1.54) is 0 Å². The van der Waals surface area contributed by atoms with Gasteiger partial charge in [0.1, 0.15) is 11.5 Å². The second-order valence-electron chi connectivity index (χ2n) is 3.80. The zero-order valence-corrected chi connectivity index (χ0v) is 9.38. The van der Waals surface area contributed by atoms with Crippen LogP contribution in [0.2, 0.25) is 0 Å². The Kier molecular flexibility index (Phi) is 4.43. The summed E-state index contributed by atoms with van der Waals surface area (Å²) in [6.45, 7) is 5.43. The quantitative estimate of drug-likeness (QED) is 0.515. The van der Waals surface area contributed by atoms with Gasteiger partial charge >= 0.3 is 0 Å². The average Bonchev–Trinajstić information content (AvgIpc) is 2.20. The molecule has 0 atom stereocenters. The number of unbranched alkanes of at least 4 members (excludes halogenated alkanes) is 1. The highest BCUT2D eigenvalue weighted by Gasteiger charge is 2.04. The van der Waals surface area contributed by atoms with Crippen LogP contribution in [0.1, 0.15) is 30.9 Å². The van der Waals surface area contributed by atoms with Crippen molar-refractivity contribution >= 4 is 0 Å². The van der Waals surface area contributed by atoms with Gasteiger partial charge in [-0.3, -0.25) is 0 Å². The number of phenolic OH excluding ortho intramolecular Hbond substituents is 2. The molecule has 84 valence electrons. The molecule has 0 radical (unpaired) electrons. The molecule has 15 heavy (non-hydrogen) atoms. The van der Waals surface area contributed by atoms with E-state index in [0.717, 1.165) is 24.9 Å². The van der Waals surface area contributed by atoms with Crippen LogP contribution in [0, 0.1) is 6.92 Å². The van der Waals surface area contributed by atoms with Gasteiger partial charge in [0.25, 0.3) is 0 Å². The lowest BCUT2D eigenvalue weighted by Crippen LogP contribution is -2.14. The molecule has 3 heteroatoms. The first-order valence-electron chi connectivity index (χ1n) is 5.37. The Bertz CT molecular complexity index is 324. The highest BCUT2D eigenvalue weighted by atomic mass is 16.3. The summed E-state index contributed by atoms with van der Waals surface area (Å²) >= 11 is 0. The van der Waals surface area contributed by atoms with Gasteiger partial charge in [-0.05, 0) is 37.6 Å². The fourth-order valence-electron chi connectivity index (χ4n) is 1.39. The lowest BCUT2D eigenvalue weighted by molar-refractivity contribution is 0.448. The molecule has 0 saturated heterocycles. The monoisotopic (exact) mass is 209 g/mol. The maximum absolute atomic E-state index is 9.62. The molecular formula is C12H19NO2. The van der Waals surface area contributed by atoms with Crippen molar-refractivity contribution in [3.05, 3.63) is 23.3 Å². The van der Waals surface area contributed by atoms with Crippen LogP contribution in [-0.2, 0) is 6.54 Å². The third-order valence-corrected chi connectivity index (χ3v) is 2.42. The highest BCUT2D eigenvalue weighted by Crippen LogP contribution is 2.26. The molecule has 1 rings (SSSR count). The number of aryl methyl sites for hydroxylation is 1. The fraction of sp³-hybridized carbons (Fsp3) is 0.500. The van der Waals surface area contributed by atoms with E-state index < -0.39 is 0 Å². The summed E-state index contributed by atoms with van der Waals surface area (Å²) in [6.07, 6.45) is 2.27. The van der Waals surface area contributed by atoms with Crippen molar-refractivity contribution in [2.24, 2.45) is 0 Å². The molecule has 0 unspecified atom stereocenters. The van der Waals surface area contributed by atoms with Gasteiger partial charge in [-0.15, -0.1) is 0 Å². The summed E-state index contributed by atoms with van der Waals surface area (Å²) < 4.78 is 0. The van der Waals surface area contributed by atoms with Gasteiger partial charge in [0.15, 0.2) is 0 Å². The third kappa shape index (κ3) is 3.44. The largest absolute Gasteiger partial charge is 0.508 e. The van der Waals surface area contributed by atoms with Crippen LogP contribution in [0.5, 0.6) is 11.5 Å². The van der Waals surface area contributed by atoms with Crippen LogP contribution < -0.4 is 5.32 Å². The lowest BCUT2D eigenvalue weighted by atomic mass is 10.1. The molecule has 0 aromatic heterocycles. The predicted octanol–water partition coefficient (Wildman–Crippen LogP) is 2.30. The molecule has 0 saturated carbocycles. The van der Waals surface area contributed by atoms with Gasteiger partial charge in [0.2, 0.25) is 0 Å². The van der Waals surface area contributed by atoms with Gasteiger partial charge in [-0.2, -0.15) is 0 Å². The van der Waals surface area contributed by atoms with E-state index >= 15 is 0 Å². The Morgan fingerprint density at radius 1 is 1.20 bits per heavy atom. The number of hydrogen-bond donors (Lipinski definition) is 3. The Morgan fingerprint density at radius 3 is 2.60 bits per heavy atom. The number of rotatable bonds is 5. The van der Waals surface area contributed by atoms with Crippen LogP contribution in [0.15, 0.2) is 12.1 Å². The van der Waals surface area contributed by atoms with Crippen LogP contribution in [0.25, 0.3) is 0 Å². The molecule has 0 aliphatic rings. The van der Waals surface area contributed by atoms with E-state index in [4.69, 9.17) is 0 Å². The number of benzene rings is 1. The Morgan fingerprint density at radius 2 is 1.93 bits per heavy atom. The maximum atomic E-state index is 9.62. The molecule has 0 aliphatic carbocycles. The van der Waals surface area contributed by atoms with E-state index in [9.17, 15) is 10.2 Å². The van der Waals surface area contributed by atoms with Crippen LogP contribution in [0.4, 0.5) is 0 Å². The van der Waals surface area contributed by atoms with Crippen molar-refractivity contribution in [3.63, 3.8) is 0 Å². The lowest BCUT2D eigenvalue weighted by Gasteiger charge is -2.08. The van der Waals surface area contributed by atoms with E-state index in [2.05, 4.69) is 12.2 Å². The van der Waals surface area contributed by atoms with Gasteiger partial charge in [-0.1, -0.05) is 13.3 Å². The first-order valence-corrected chi connectivity index (χ1v) is 5.37. The van der Waals surface area contributed by atoms with Crippen LogP contribution in [-0.4, -0.2) is 16.8 Å². The van der Waals surface area contributed by atoms with Crippen LogP contribution in [0.3, 0.4) is 0 Å². The third-order valence-electron chi connectivity index (χ3n) is 2.42. The molecule has 1 aromatic rings. The van der Waals surface area contributed by atoms with E-state index in [1.807, 2.05) is 0 Å². The summed E-state index contributed by atoms with van der Waals surface area (Å²) in [5.41, 5.74) is 1.44. The summed E-state index contributed by atoms with van der Waals surface area (Å²) in [5, 5.41) is 22.3. The minimum Gasteiger partial charge on any atom is -0.508 e. The fourth-order valence-corrected chi connectivity index (χ4v) is 1.39. The molecule has 3 nitrogen and oxygen atoms in total. The summed E-state index contributed by atoms with van der Waals surface area (Å²) in [4.78, 5) is 0. The highest BCUT2D eigenvalue weighted by molar-refractivity contribution is 5.44. The molecule has 0 bridgehead atoms. The maximum Gasteiger partial charge on any atom is 0.120 e. The molecule has 0 amide bonds. The molecule has 1 aromatic carbocycles. The molecule has 0 spiro atoms. The SMILES string of the molecule is CCCCNCc1cc(O)c(C)cc1O. The van der Waals surface area contributed by atoms with Gasteiger partial charge < -0.3 is 15.5 Å². The minimum absolute atomic E-state index is 0.236. The van der Waals surface area contributed by atoms with Crippen molar-refractivity contribution in [2.75, 3.05) is 6.54 Å². The first kappa shape index (κ1) is 11.9. The predicted molar refractivity (Wildman–Crippen MR) is 61.1 cm³/mol. The standard InChI is InChI=1S/C12H19NO2/c1-3-4-5-13-8-10-7-11(14)9(2)6-12(10)15/h6-7,13-15H,3-5,8H2,1-2H3. The zero-order chi connectivity index (χ0) is 11.3. The smallest absolute Gasteiger partial charge is 0.120 e. The number of phenols is 2. The van der Waals surface area contributed by atoms with Crippen molar-refractivity contribution in [1.29, 1.82) is 0 Å². The van der Waals surface area contributed by atoms with E-state index in [0.29, 0.717) is 12.1 Å². The summed E-state index contributed by atoms with van der Waals surface area (Å²) in [7, 11) is 0. The van der Waals surface area contributed by atoms with Crippen molar-refractivity contribution < 1.29 is 10.2 Å². The van der Waals surface area contributed by atoms with E-state index in [-0.39, 0.29) is 11.5 Å². The number of nitrogens with one attached hydrogen (secondary N) is 1. The average molecular weight is 209 g/mol. The second kappa shape index (κ2) is 5.61. The zero-order valence-electron chi connectivity index (χ0n) is 9.38. The first-order chi connectivity index (χ1) is 7.15.